The number of unbranched alkanes of at least 4 members (excludes halogenated alkanes) is 5. The van der Waals surface area contributed by atoms with Crippen molar-refractivity contribution in [2.75, 3.05) is 32.9 Å². The molecule has 1 saturated carbocycles. The molecule has 0 aromatic rings. The maximum Gasteiger partial charge on any atom is 0.231 e. The molecule has 1 aliphatic carbocycles. The monoisotopic (exact) mass is 449 g/mol. The van der Waals surface area contributed by atoms with Gasteiger partial charge in [0.05, 0.1) is 19.8 Å². The molecule has 0 bridgehead atoms. The van der Waals surface area contributed by atoms with E-state index >= 15 is 0 Å². The highest BCUT2D eigenvalue weighted by atomic mass is 16.7. The summed E-state index contributed by atoms with van der Waals surface area (Å²) in [6.45, 7) is 14.7. The van der Waals surface area contributed by atoms with E-state index < -0.39 is 5.66 Å². The Morgan fingerprint density at radius 1 is 0.875 bits per heavy atom. The van der Waals surface area contributed by atoms with Gasteiger partial charge in [0.15, 0.2) is 0 Å². The van der Waals surface area contributed by atoms with Crippen LogP contribution in [-0.4, -0.2) is 76.3 Å². The van der Waals surface area contributed by atoms with Gasteiger partial charge in [0, 0.05) is 48.8 Å². The first-order valence-corrected chi connectivity index (χ1v) is 12.8. The number of fused-ring (bicyclic) bond motifs is 1. The zero-order chi connectivity index (χ0) is 23.1. The molecule has 0 N–H and O–H groups in total. The highest BCUT2D eigenvalue weighted by molar-refractivity contribution is 6.03. The van der Waals surface area contributed by atoms with Crippen LogP contribution in [-0.2, 0) is 19.2 Å². The molecule has 7 nitrogen and oxygen atoms in total. The van der Waals surface area contributed by atoms with E-state index in [0.29, 0.717) is 26.1 Å². The van der Waals surface area contributed by atoms with E-state index in [1.54, 1.807) is 4.90 Å². The van der Waals surface area contributed by atoms with Crippen LogP contribution in [0.1, 0.15) is 86.0 Å². The summed E-state index contributed by atoms with van der Waals surface area (Å²) in [5.74, 6) is 0.307. The third-order valence-electron chi connectivity index (χ3n) is 8.35. The molecule has 2 atom stereocenters. The molecule has 3 saturated heterocycles. The predicted molar refractivity (Wildman–Crippen MR) is 123 cm³/mol. The molecule has 0 spiro atoms. The van der Waals surface area contributed by atoms with Crippen LogP contribution in [0.25, 0.3) is 0 Å². The number of hydrogen-bond donors (Lipinski definition) is 0. The van der Waals surface area contributed by atoms with E-state index in [0.717, 1.165) is 26.1 Å². The number of morpholine rings is 1. The summed E-state index contributed by atoms with van der Waals surface area (Å²) in [5.41, 5.74) is -1.10. The van der Waals surface area contributed by atoms with Crippen LogP contribution in [0.15, 0.2) is 0 Å². The minimum Gasteiger partial charge on any atom is -0.379 e. The maximum absolute atomic E-state index is 13.0. The van der Waals surface area contributed by atoms with Gasteiger partial charge < -0.3 is 4.74 Å². The van der Waals surface area contributed by atoms with Gasteiger partial charge in [0.1, 0.15) is 5.66 Å². The Hall–Kier alpha value is -1.02. The van der Waals surface area contributed by atoms with Crippen LogP contribution in [0.2, 0.25) is 0 Å². The van der Waals surface area contributed by atoms with Crippen molar-refractivity contribution in [3.8, 4) is 0 Å². The van der Waals surface area contributed by atoms with Crippen molar-refractivity contribution in [2.24, 2.45) is 11.8 Å². The zero-order valence-corrected chi connectivity index (χ0v) is 20.8. The molecule has 3 aliphatic heterocycles. The van der Waals surface area contributed by atoms with Crippen LogP contribution in [0, 0.1) is 11.8 Å². The molecule has 3 heterocycles. The number of hydrogen-bond acceptors (Lipinski definition) is 6. The van der Waals surface area contributed by atoms with Gasteiger partial charge in [-0.05, 0) is 34.1 Å². The van der Waals surface area contributed by atoms with E-state index in [1.807, 2.05) is 0 Å². The Morgan fingerprint density at radius 2 is 1.41 bits per heavy atom. The van der Waals surface area contributed by atoms with Crippen molar-refractivity contribution < 1.29 is 19.2 Å². The second-order valence-electron chi connectivity index (χ2n) is 11.2. The summed E-state index contributed by atoms with van der Waals surface area (Å²) in [6.07, 6.45) is 8.11. The number of imide groups is 1. The lowest BCUT2D eigenvalue weighted by Crippen LogP contribution is -2.66. The Kier molecular flexibility index (Phi) is 6.76. The quantitative estimate of drug-likeness (QED) is 0.375. The SMILES string of the molecule is CCCCCCCCON1C(C)(C)C2C(C1(C)C)C2(N1CCOCC1)N1C(=O)CCC1=O. The minimum atomic E-state index is -0.540. The van der Waals surface area contributed by atoms with E-state index in [2.05, 4.69) is 44.6 Å². The molecule has 0 aromatic heterocycles. The molecular weight excluding hydrogens is 406 g/mol. The number of piperidine rings is 1. The van der Waals surface area contributed by atoms with Gasteiger partial charge in [0.25, 0.3) is 0 Å². The van der Waals surface area contributed by atoms with E-state index in [4.69, 9.17) is 9.57 Å². The normalized spacial score (nSPS) is 34.3. The number of ether oxygens (including phenoxy) is 1. The summed E-state index contributed by atoms with van der Waals surface area (Å²) in [7, 11) is 0. The van der Waals surface area contributed by atoms with E-state index in [1.165, 1.54) is 32.1 Å². The van der Waals surface area contributed by atoms with Crippen LogP contribution < -0.4 is 0 Å². The molecule has 2 amide bonds. The van der Waals surface area contributed by atoms with Gasteiger partial charge in [-0.1, -0.05) is 39.0 Å². The first kappa shape index (κ1) is 24.1. The molecule has 2 unspecified atom stereocenters. The summed E-state index contributed by atoms with van der Waals surface area (Å²) in [4.78, 5) is 36.4. The van der Waals surface area contributed by atoms with Gasteiger partial charge in [-0.25, -0.2) is 0 Å². The van der Waals surface area contributed by atoms with Crippen molar-refractivity contribution in [2.45, 2.75) is 103 Å². The zero-order valence-electron chi connectivity index (χ0n) is 20.8. The average Bonchev–Trinajstić information content (AvgIpc) is 3.32. The number of carbonyl (C=O) groups excluding carboxylic acids is 2. The van der Waals surface area contributed by atoms with Gasteiger partial charge in [-0.2, -0.15) is 5.06 Å². The highest BCUT2D eigenvalue weighted by Gasteiger charge is 2.87. The second kappa shape index (κ2) is 8.97. The van der Waals surface area contributed by atoms with Crippen molar-refractivity contribution in [1.29, 1.82) is 0 Å². The van der Waals surface area contributed by atoms with Crippen molar-refractivity contribution in [3.63, 3.8) is 0 Å². The second-order valence-corrected chi connectivity index (χ2v) is 11.2. The lowest BCUT2D eigenvalue weighted by atomic mass is 9.93. The smallest absolute Gasteiger partial charge is 0.231 e. The summed E-state index contributed by atoms with van der Waals surface area (Å²) >= 11 is 0. The third-order valence-corrected chi connectivity index (χ3v) is 8.35. The molecule has 0 radical (unpaired) electrons. The van der Waals surface area contributed by atoms with Gasteiger partial charge in [0.2, 0.25) is 11.8 Å². The summed E-state index contributed by atoms with van der Waals surface area (Å²) in [6, 6.07) is 0. The number of carbonyl (C=O) groups is 2. The number of amides is 2. The Balaban J connectivity index is 1.52. The topological polar surface area (TPSA) is 62.3 Å². The average molecular weight is 450 g/mol. The molecule has 182 valence electrons. The molecule has 32 heavy (non-hydrogen) atoms. The summed E-state index contributed by atoms with van der Waals surface area (Å²) < 4.78 is 5.62. The fourth-order valence-electron chi connectivity index (χ4n) is 7.29. The standard InChI is InChI=1S/C25H43N3O4/c1-6-7-8-9-10-11-16-32-28-23(2,3)21-22(24(28,4)5)25(21,26-14-17-31-18-15-26)27-19(29)12-13-20(27)30/h21-22H,6-18H2,1-5H3. The van der Waals surface area contributed by atoms with Crippen LogP contribution >= 0.6 is 0 Å². The highest BCUT2D eigenvalue weighted by Crippen LogP contribution is 2.73. The first-order chi connectivity index (χ1) is 15.2. The molecule has 4 aliphatic rings. The van der Waals surface area contributed by atoms with Crippen molar-refractivity contribution in [1.82, 2.24) is 14.9 Å². The Morgan fingerprint density at radius 3 is 1.97 bits per heavy atom. The lowest BCUT2D eigenvalue weighted by molar-refractivity contribution is -0.267. The fourth-order valence-corrected chi connectivity index (χ4v) is 7.29. The number of hydroxylamine groups is 2. The first-order valence-electron chi connectivity index (χ1n) is 12.8. The number of nitrogens with zero attached hydrogens (tertiary/aromatic N) is 3. The van der Waals surface area contributed by atoms with Crippen molar-refractivity contribution >= 4 is 11.8 Å². The van der Waals surface area contributed by atoms with E-state index in [-0.39, 0.29) is 34.7 Å². The molecule has 0 aromatic carbocycles. The summed E-state index contributed by atoms with van der Waals surface area (Å²) in [5, 5.41) is 2.20. The Bertz CT molecular complexity index is 678. The largest absolute Gasteiger partial charge is 0.379 e. The van der Waals surface area contributed by atoms with Crippen molar-refractivity contribution in [3.05, 3.63) is 0 Å². The molecular formula is C25H43N3O4. The molecule has 7 heteroatoms. The maximum atomic E-state index is 13.0. The Labute approximate surface area is 193 Å². The van der Waals surface area contributed by atoms with Gasteiger partial charge in [-0.3, -0.25) is 24.2 Å². The number of likely N-dealkylation sites (tertiary alicyclic amines) is 1. The fraction of sp³-hybridized carbons (Fsp3) is 0.920. The van der Waals surface area contributed by atoms with Gasteiger partial charge in [-0.15, -0.1) is 0 Å². The third kappa shape index (κ3) is 3.64. The van der Waals surface area contributed by atoms with Gasteiger partial charge >= 0.3 is 0 Å². The van der Waals surface area contributed by atoms with E-state index in [9.17, 15) is 9.59 Å². The molecule has 4 fully saturated rings. The minimum absolute atomic E-state index is 0.0120. The van der Waals surface area contributed by atoms with Crippen LogP contribution in [0.3, 0.4) is 0 Å². The molecule has 4 rings (SSSR count). The van der Waals surface area contributed by atoms with Crippen LogP contribution in [0.4, 0.5) is 0 Å². The lowest BCUT2D eigenvalue weighted by Gasteiger charge is -2.51. The van der Waals surface area contributed by atoms with Crippen LogP contribution in [0.5, 0.6) is 0 Å². The number of rotatable bonds is 10. The predicted octanol–water partition coefficient (Wildman–Crippen LogP) is 3.57.